The van der Waals surface area contributed by atoms with Crippen molar-refractivity contribution in [3.05, 3.63) is 27.7 Å². The van der Waals surface area contributed by atoms with Gasteiger partial charge in [-0.2, -0.15) is 0 Å². The standard InChI is InChI=1S/C9H4F4INO/c10-5-3-6-4(2-8(14)15-6)1-7(5)16-9(11,12)13/h1-3,15H. The number of alkyl halides is 3. The molecule has 1 aromatic carbocycles. The third-order valence-electron chi connectivity index (χ3n) is 1.87. The van der Waals surface area contributed by atoms with E-state index in [1.165, 1.54) is 0 Å². The van der Waals surface area contributed by atoms with Gasteiger partial charge in [0.05, 0.1) is 3.70 Å². The minimum Gasteiger partial charge on any atom is -0.403 e. The Labute approximate surface area is 101 Å². The highest BCUT2D eigenvalue weighted by Crippen LogP contribution is 2.30. The monoisotopic (exact) mass is 345 g/mol. The van der Waals surface area contributed by atoms with Gasteiger partial charge in [0.25, 0.3) is 0 Å². The first kappa shape index (κ1) is 11.5. The molecule has 0 aliphatic rings. The molecule has 86 valence electrons. The first-order chi connectivity index (χ1) is 7.35. The van der Waals surface area contributed by atoms with Crippen molar-refractivity contribution < 1.29 is 22.3 Å². The van der Waals surface area contributed by atoms with E-state index in [0.29, 0.717) is 14.6 Å². The smallest absolute Gasteiger partial charge is 0.403 e. The molecule has 0 amide bonds. The maximum absolute atomic E-state index is 13.2. The molecule has 0 saturated heterocycles. The van der Waals surface area contributed by atoms with Crippen molar-refractivity contribution in [2.45, 2.75) is 6.36 Å². The topological polar surface area (TPSA) is 25.0 Å². The molecule has 7 heteroatoms. The lowest BCUT2D eigenvalue weighted by molar-refractivity contribution is -0.275. The molecule has 0 aliphatic heterocycles. The molecule has 2 nitrogen and oxygen atoms in total. The van der Waals surface area contributed by atoms with Gasteiger partial charge in [-0.25, -0.2) is 4.39 Å². The Kier molecular flexibility index (Phi) is 2.72. The lowest BCUT2D eigenvalue weighted by Gasteiger charge is -2.09. The number of halogens is 5. The second-order valence-corrected chi connectivity index (χ2v) is 4.20. The van der Waals surface area contributed by atoms with E-state index in [-0.39, 0.29) is 0 Å². The Morgan fingerprint density at radius 3 is 2.50 bits per heavy atom. The summed E-state index contributed by atoms with van der Waals surface area (Å²) in [6.45, 7) is 0. The van der Waals surface area contributed by atoms with Gasteiger partial charge >= 0.3 is 6.36 Å². The largest absolute Gasteiger partial charge is 0.573 e. The number of nitrogens with one attached hydrogen (secondary N) is 1. The van der Waals surface area contributed by atoms with Gasteiger partial charge in [-0.05, 0) is 34.7 Å². The maximum atomic E-state index is 13.2. The van der Waals surface area contributed by atoms with Crippen LogP contribution in [0.5, 0.6) is 5.75 Å². The van der Waals surface area contributed by atoms with Crippen molar-refractivity contribution in [1.29, 1.82) is 0 Å². The summed E-state index contributed by atoms with van der Waals surface area (Å²) in [4.78, 5) is 2.80. The number of ether oxygens (including phenoxy) is 1. The third-order valence-corrected chi connectivity index (χ3v) is 2.45. The highest BCUT2D eigenvalue weighted by atomic mass is 127. The molecule has 1 aromatic heterocycles. The maximum Gasteiger partial charge on any atom is 0.573 e. The molecular weight excluding hydrogens is 341 g/mol. The fraction of sp³-hybridized carbons (Fsp3) is 0.111. The Balaban J connectivity index is 2.49. The molecule has 0 bridgehead atoms. The fourth-order valence-electron chi connectivity index (χ4n) is 1.30. The summed E-state index contributed by atoms with van der Waals surface area (Å²) in [5.41, 5.74) is 0.427. The molecule has 0 unspecified atom stereocenters. The number of hydrogen-bond donors (Lipinski definition) is 1. The first-order valence-electron chi connectivity index (χ1n) is 4.09. The van der Waals surface area contributed by atoms with E-state index in [1.54, 1.807) is 6.07 Å². The zero-order valence-electron chi connectivity index (χ0n) is 7.53. The van der Waals surface area contributed by atoms with Gasteiger partial charge in [0.15, 0.2) is 11.6 Å². The van der Waals surface area contributed by atoms with Crippen molar-refractivity contribution in [1.82, 2.24) is 4.98 Å². The van der Waals surface area contributed by atoms with Crippen molar-refractivity contribution in [3.63, 3.8) is 0 Å². The first-order valence-corrected chi connectivity index (χ1v) is 5.16. The lowest BCUT2D eigenvalue weighted by atomic mass is 10.2. The zero-order valence-corrected chi connectivity index (χ0v) is 9.69. The molecule has 0 fully saturated rings. The van der Waals surface area contributed by atoms with Crippen LogP contribution < -0.4 is 4.74 Å². The number of hydrogen-bond acceptors (Lipinski definition) is 1. The van der Waals surface area contributed by atoms with Crippen LogP contribution in [0.1, 0.15) is 0 Å². The summed E-state index contributed by atoms with van der Waals surface area (Å²) in [5.74, 6) is -1.88. The van der Waals surface area contributed by atoms with Crippen LogP contribution in [0.15, 0.2) is 18.2 Å². The van der Waals surface area contributed by atoms with Crippen LogP contribution in [0.3, 0.4) is 0 Å². The van der Waals surface area contributed by atoms with E-state index in [4.69, 9.17) is 0 Å². The molecule has 0 aliphatic carbocycles. The lowest BCUT2D eigenvalue weighted by Crippen LogP contribution is -2.17. The van der Waals surface area contributed by atoms with E-state index in [1.807, 2.05) is 22.6 Å². The number of aromatic amines is 1. The van der Waals surface area contributed by atoms with Crippen LogP contribution >= 0.6 is 22.6 Å². The minimum absolute atomic E-state index is 0.427. The Morgan fingerprint density at radius 2 is 1.88 bits per heavy atom. The number of aromatic nitrogens is 1. The Hall–Kier alpha value is -0.990. The summed E-state index contributed by atoms with van der Waals surface area (Å²) >= 11 is 1.94. The summed E-state index contributed by atoms with van der Waals surface area (Å²) in [5, 5.41) is 0.463. The van der Waals surface area contributed by atoms with Gasteiger partial charge in [-0.15, -0.1) is 13.2 Å². The highest BCUT2D eigenvalue weighted by molar-refractivity contribution is 14.1. The Bertz CT molecular complexity index is 534. The SMILES string of the molecule is Fc1cc2[nH]c(I)cc2cc1OC(F)(F)F. The molecule has 1 heterocycles. The molecule has 0 saturated carbocycles. The van der Waals surface area contributed by atoms with Gasteiger partial charge in [0, 0.05) is 17.0 Å². The highest BCUT2D eigenvalue weighted by Gasteiger charge is 2.32. The van der Waals surface area contributed by atoms with E-state index in [2.05, 4.69) is 9.72 Å². The van der Waals surface area contributed by atoms with E-state index >= 15 is 0 Å². The van der Waals surface area contributed by atoms with Gasteiger partial charge in [0.1, 0.15) is 0 Å². The van der Waals surface area contributed by atoms with Gasteiger partial charge in [0.2, 0.25) is 0 Å². The average Bonchev–Trinajstić information content (AvgIpc) is 2.42. The van der Waals surface area contributed by atoms with Crippen molar-refractivity contribution >= 4 is 33.5 Å². The number of fused-ring (bicyclic) bond motifs is 1. The fourth-order valence-corrected chi connectivity index (χ4v) is 1.93. The summed E-state index contributed by atoms with van der Waals surface area (Å²) < 4.78 is 53.3. The van der Waals surface area contributed by atoms with E-state index in [0.717, 1.165) is 12.1 Å². The summed E-state index contributed by atoms with van der Waals surface area (Å²) in [6, 6.07) is 3.58. The number of H-pyrrole nitrogens is 1. The molecule has 2 rings (SSSR count). The van der Waals surface area contributed by atoms with Crippen molar-refractivity contribution in [2.75, 3.05) is 0 Å². The van der Waals surface area contributed by atoms with Crippen molar-refractivity contribution in [2.24, 2.45) is 0 Å². The van der Waals surface area contributed by atoms with Gasteiger partial charge in [-0.1, -0.05) is 0 Å². The number of rotatable bonds is 1. The minimum atomic E-state index is -4.89. The summed E-state index contributed by atoms with van der Waals surface area (Å²) in [7, 11) is 0. The van der Waals surface area contributed by atoms with Crippen molar-refractivity contribution in [3.8, 4) is 5.75 Å². The Morgan fingerprint density at radius 1 is 1.19 bits per heavy atom. The second-order valence-electron chi connectivity index (χ2n) is 3.03. The van der Waals surface area contributed by atoms with E-state index < -0.39 is 17.9 Å². The van der Waals surface area contributed by atoms with Crippen LogP contribution in [0.25, 0.3) is 10.9 Å². The molecule has 16 heavy (non-hydrogen) atoms. The molecule has 0 atom stereocenters. The van der Waals surface area contributed by atoms with Crippen LogP contribution in [0.2, 0.25) is 0 Å². The molecular formula is C9H4F4INO. The molecule has 0 radical (unpaired) electrons. The zero-order chi connectivity index (χ0) is 11.9. The average molecular weight is 345 g/mol. The van der Waals surface area contributed by atoms with Crippen LogP contribution in [-0.2, 0) is 0 Å². The predicted molar refractivity (Wildman–Crippen MR) is 57.7 cm³/mol. The second kappa shape index (κ2) is 3.79. The third kappa shape index (κ3) is 2.39. The molecule has 0 spiro atoms. The van der Waals surface area contributed by atoms with Gasteiger partial charge < -0.3 is 9.72 Å². The van der Waals surface area contributed by atoms with Crippen LogP contribution in [0.4, 0.5) is 17.6 Å². The quantitative estimate of drug-likeness (QED) is 0.617. The number of benzene rings is 1. The van der Waals surface area contributed by atoms with Crippen LogP contribution in [-0.4, -0.2) is 11.3 Å². The molecule has 2 aromatic rings. The molecule has 1 N–H and O–H groups in total. The predicted octanol–water partition coefficient (Wildman–Crippen LogP) is 3.81. The summed E-state index contributed by atoms with van der Waals surface area (Å²) in [6.07, 6.45) is -4.89. The van der Waals surface area contributed by atoms with Gasteiger partial charge in [-0.3, -0.25) is 0 Å². The van der Waals surface area contributed by atoms with Crippen LogP contribution in [0, 0.1) is 9.52 Å². The van der Waals surface area contributed by atoms with E-state index in [9.17, 15) is 17.6 Å². The normalized spacial score (nSPS) is 12.1.